The van der Waals surface area contributed by atoms with Crippen molar-refractivity contribution in [2.75, 3.05) is 13.2 Å². The first-order valence-corrected chi connectivity index (χ1v) is 7.24. The van der Waals surface area contributed by atoms with Crippen LogP contribution in [-0.2, 0) is 5.41 Å². The first-order valence-electron chi connectivity index (χ1n) is 6.86. The first kappa shape index (κ1) is 12.3. The average Bonchev–Trinajstić information content (AvgIpc) is 3.07. The van der Waals surface area contributed by atoms with Crippen molar-refractivity contribution in [1.82, 2.24) is 0 Å². The van der Waals surface area contributed by atoms with Gasteiger partial charge in [-0.2, -0.15) is 0 Å². The van der Waals surface area contributed by atoms with Crippen LogP contribution in [0.1, 0.15) is 37.7 Å². The Morgan fingerprint density at radius 1 is 1.28 bits per heavy atom. The number of nitrogens with two attached hydrogens (primary N) is 1. The Labute approximate surface area is 113 Å². The molecular weight excluding hydrogens is 246 g/mol. The van der Waals surface area contributed by atoms with E-state index in [0.717, 1.165) is 23.3 Å². The minimum Gasteiger partial charge on any atom is -0.493 e. The van der Waals surface area contributed by atoms with Crippen molar-refractivity contribution in [3.63, 3.8) is 0 Å². The van der Waals surface area contributed by atoms with E-state index in [-0.39, 0.29) is 5.41 Å². The molecule has 0 aromatic heterocycles. The van der Waals surface area contributed by atoms with Crippen LogP contribution in [-0.4, -0.2) is 13.2 Å². The van der Waals surface area contributed by atoms with Crippen molar-refractivity contribution in [2.45, 2.75) is 37.5 Å². The van der Waals surface area contributed by atoms with Crippen molar-refractivity contribution in [1.29, 1.82) is 0 Å². The van der Waals surface area contributed by atoms with Gasteiger partial charge in [-0.3, -0.25) is 0 Å². The van der Waals surface area contributed by atoms with Gasteiger partial charge in [0.15, 0.2) is 0 Å². The summed E-state index contributed by atoms with van der Waals surface area (Å²) < 4.78 is 5.87. The Bertz CT molecular complexity index is 438. The predicted molar refractivity (Wildman–Crippen MR) is 74.3 cm³/mol. The number of ether oxygens (including phenoxy) is 1. The minimum atomic E-state index is 0.180. The van der Waals surface area contributed by atoms with E-state index in [1.54, 1.807) is 0 Å². The molecule has 18 heavy (non-hydrogen) atoms. The summed E-state index contributed by atoms with van der Waals surface area (Å²) >= 11 is 6.18. The number of halogens is 1. The Balaban J connectivity index is 1.73. The Morgan fingerprint density at radius 2 is 2.06 bits per heavy atom. The number of hydrogen-bond donors (Lipinski definition) is 1. The van der Waals surface area contributed by atoms with Gasteiger partial charge in [0.05, 0.1) is 6.61 Å². The quantitative estimate of drug-likeness (QED) is 0.884. The molecule has 2 saturated carbocycles. The summed E-state index contributed by atoms with van der Waals surface area (Å²) in [5.74, 6) is 1.65. The largest absolute Gasteiger partial charge is 0.493 e. The maximum atomic E-state index is 6.18. The second-order valence-electron chi connectivity index (χ2n) is 5.77. The zero-order chi connectivity index (χ0) is 12.6. The molecule has 2 nitrogen and oxygen atoms in total. The zero-order valence-corrected chi connectivity index (χ0v) is 11.4. The van der Waals surface area contributed by atoms with Gasteiger partial charge in [0.25, 0.3) is 0 Å². The van der Waals surface area contributed by atoms with E-state index >= 15 is 0 Å². The highest BCUT2D eigenvalue weighted by molar-refractivity contribution is 6.30. The Kier molecular flexibility index (Phi) is 3.25. The smallest absolute Gasteiger partial charge is 0.121 e. The molecule has 1 aromatic carbocycles. The maximum Gasteiger partial charge on any atom is 0.121 e. The van der Waals surface area contributed by atoms with Gasteiger partial charge in [-0.1, -0.05) is 18.0 Å². The molecule has 0 spiro atoms. The third-order valence-electron chi connectivity index (χ3n) is 4.44. The van der Waals surface area contributed by atoms with Crippen molar-refractivity contribution < 1.29 is 4.74 Å². The topological polar surface area (TPSA) is 35.2 Å². The molecule has 98 valence electrons. The molecular formula is C15H20ClNO. The first-order chi connectivity index (χ1) is 8.72. The standard InChI is InChI=1S/C15H20ClNO/c16-13-6-12(15(10-17)4-5-15)7-14(8-13)18-9-11-2-1-3-11/h6-8,11H,1-5,9-10,17H2. The number of benzene rings is 1. The van der Waals surface area contributed by atoms with Crippen LogP contribution in [0.15, 0.2) is 18.2 Å². The van der Waals surface area contributed by atoms with Crippen LogP contribution in [0.5, 0.6) is 5.75 Å². The third kappa shape index (κ3) is 2.36. The Morgan fingerprint density at radius 3 is 2.61 bits per heavy atom. The molecule has 2 fully saturated rings. The van der Waals surface area contributed by atoms with Crippen molar-refractivity contribution in [3.05, 3.63) is 28.8 Å². The van der Waals surface area contributed by atoms with Gasteiger partial charge in [0, 0.05) is 17.0 Å². The van der Waals surface area contributed by atoms with Gasteiger partial charge in [-0.15, -0.1) is 0 Å². The van der Waals surface area contributed by atoms with E-state index in [9.17, 15) is 0 Å². The second kappa shape index (κ2) is 4.75. The van der Waals surface area contributed by atoms with Crippen LogP contribution in [0.25, 0.3) is 0 Å². The summed E-state index contributed by atoms with van der Waals surface area (Å²) in [6, 6.07) is 6.08. The van der Waals surface area contributed by atoms with Gasteiger partial charge in [-0.05, 0) is 55.4 Å². The van der Waals surface area contributed by atoms with Gasteiger partial charge < -0.3 is 10.5 Å². The monoisotopic (exact) mass is 265 g/mol. The van der Waals surface area contributed by atoms with E-state index < -0.39 is 0 Å². The molecule has 3 rings (SSSR count). The summed E-state index contributed by atoms with van der Waals surface area (Å²) in [5.41, 5.74) is 7.30. The van der Waals surface area contributed by atoms with Crippen LogP contribution in [0.3, 0.4) is 0 Å². The van der Waals surface area contributed by atoms with Crippen LogP contribution < -0.4 is 10.5 Å². The van der Waals surface area contributed by atoms with Gasteiger partial charge in [0.1, 0.15) is 5.75 Å². The lowest BCUT2D eigenvalue weighted by molar-refractivity contribution is 0.180. The molecule has 1 aromatic rings. The maximum absolute atomic E-state index is 6.18. The molecule has 0 bridgehead atoms. The fraction of sp³-hybridized carbons (Fsp3) is 0.600. The van der Waals surface area contributed by atoms with Crippen molar-refractivity contribution >= 4 is 11.6 Å². The average molecular weight is 266 g/mol. The zero-order valence-electron chi connectivity index (χ0n) is 10.6. The SMILES string of the molecule is NCC1(c2cc(Cl)cc(OCC3CCC3)c2)CC1. The minimum absolute atomic E-state index is 0.180. The van der Waals surface area contributed by atoms with Crippen LogP contribution >= 0.6 is 11.6 Å². The molecule has 0 unspecified atom stereocenters. The van der Waals surface area contributed by atoms with E-state index in [4.69, 9.17) is 22.1 Å². The van der Waals surface area contributed by atoms with E-state index in [1.807, 2.05) is 12.1 Å². The highest BCUT2D eigenvalue weighted by atomic mass is 35.5. The fourth-order valence-electron chi connectivity index (χ4n) is 2.59. The van der Waals surface area contributed by atoms with Gasteiger partial charge in [-0.25, -0.2) is 0 Å². The predicted octanol–water partition coefficient (Wildman–Crippen LogP) is 3.51. The highest BCUT2D eigenvalue weighted by Crippen LogP contribution is 2.48. The lowest BCUT2D eigenvalue weighted by atomic mass is 9.86. The normalized spacial score (nSPS) is 21.4. The van der Waals surface area contributed by atoms with Crippen molar-refractivity contribution in [3.8, 4) is 5.75 Å². The molecule has 2 N–H and O–H groups in total. The molecule has 0 radical (unpaired) electrons. The van der Waals surface area contributed by atoms with Crippen LogP contribution in [0.2, 0.25) is 5.02 Å². The van der Waals surface area contributed by atoms with Gasteiger partial charge in [0.2, 0.25) is 0 Å². The third-order valence-corrected chi connectivity index (χ3v) is 4.66. The Hall–Kier alpha value is -0.730. The fourth-order valence-corrected chi connectivity index (χ4v) is 2.81. The molecule has 0 saturated heterocycles. The van der Waals surface area contributed by atoms with E-state index in [1.165, 1.54) is 37.7 Å². The summed E-state index contributed by atoms with van der Waals surface area (Å²) in [7, 11) is 0. The molecule has 2 aliphatic carbocycles. The molecule has 0 heterocycles. The molecule has 3 heteroatoms. The van der Waals surface area contributed by atoms with E-state index in [0.29, 0.717) is 6.54 Å². The molecule has 2 aliphatic rings. The molecule has 0 atom stereocenters. The highest BCUT2D eigenvalue weighted by Gasteiger charge is 2.43. The second-order valence-corrected chi connectivity index (χ2v) is 6.20. The number of rotatable bonds is 5. The summed E-state index contributed by atoms with van der Waals surface area (Å²) in [6.07, 6.45) is 6.31. The van der Waals surface area contributed by atoms with Gasteiger partial charge >= 0.3 is 0 Å². The summed E-state index contributed by atoms with van der Waals surface area (Å²) in [6.45, 7) is 1.53. The summed E-state index contributed by atoms with van der Waals surface area (Å²) in [4.78, 5) is 0. The molecule has 0 amide bonds. The summed E-state index contributed by atoms with van der Waals surface area (Å²) in [5, 5.41) is 0.760. The van der Waals surface area contributed by atoms with Crippen LogP contribution in [0, 0.1) is 5.92 Å². The van der Waals surface area contributed by atoms with Crippen molar-refractivity contribution in [2.24, 2.45) is 11.7 Å². The number of hydrogen-bond acceptors (Lipinski definition) is 2. The lowest BCUT2D eigenvalue weighted by Gasteiger charge is -2.25. The molecule has 0 aliphatic heterocycles. The van der Waals surface area contributed by atoms with E-state index in [2.05, 4.69) is 6.07 Å². The van der Waals surface area contributed by atoms with Crippen LogP contribution in [0.4, 0.5) is 0 Å². The lowest BCUT2D eigenvalue weighted by Crippen LogP contribution is -2.21.